The average molecular weight is 154 g/mol. The van der Waals surface area contributed by atoms with Crippen LogP contribution in [0.2, 0.25) is 0 Å². The molecular weight excluding hydrogens is 136 g/mol. The van der Waals surface area contributed by atoms with Crippen LogP contribution in [0.1, 0.15) is 39.0 Å². The lowest BCUT2D eigenvalue weighted by Crippen LogP contribution is -2.15. The quantitative estimate of drug-likeness (QED) is 0.555. The first kappa shape index (κ1) is 8.57. The molecule has 0 radical (unpaired) electrons. The number of unbranched alkanes of at least 4 members (excludes halogenated alkanes) is 3. The maximum absolute atomic E-state index is 4.24. The maximum Gasteiger partial charge on any atom is 0.0410 e. The summed E-state index contributed by atoms with van der Waals surface area (Å²) < 4.78 is 0. The van der Waals surface area contributed by atoms with Crippen LogP contribution in [0.3, 0.4) is 0 Å². The van der Waals surface area contributed by atoms with Crippen molar-refractivity contribution in [3.05, 3.63) is 0 Å². The second-order valence-corrected chi connectivity index (χ2v) is 3.10. The van der Waals surface area contributed by atoms with Gasteiger partial charge in [0, 0.05) is 25.7 Å². The minimum atomic E-state index is 1.14. The fourth-order valence-electron chi connectivity index (χ4n) is 1.33. The van der Waals surface area contributed by atoms with Gasteiger partial charge in [-0.2, -0.15) is 5.10 Å². The molecule has 0 aromatic rings. The molecule has 1 aliphatic heterocycles. The van der Waals surface area contributed by atoms with Gasteiger partial charge in [0.2, 0.25) is 0 Å². The van der Waals surface area contributed by atoms with E-state index in [1.165, 1.54) is 25.7 Å². The van der Waals surface area contributed by atoms with E-state index >= 15 is 0 Å². The fraction of sp³-hybridized carbons (Fsp3) is 0.889. The third-order valence-corrected chi connectivity index (χ3v) is 2.03. The van der Waals surface area contributed by atoms with Crippen molar-refractivity contribution in [1.82, 2.24) is 5.01 Å². The molecule has 0 N–H and O–H groups in total. The van der Waals surface area contributed by atoms with Crippen molar-refractivity contribution in [2.45, 2.75) is 39.0 Å². The van der Waals surface area contributed by atoms with Crippen molar-refractivity contribution in [1.29, 1.82) is 0 Å². The molecule has 11 heavy (non-hydrogen) atoms. The Labute approximate surface area is 69.3 Å². The topological polar surface area (TPSA) is 15.6 Å². The smallest absolute Gasteiger partial charge is 0.0410 e. The fourth-order valence-corrected chi connectivity index (χ4v) is 1.33. The van der Waals surface area contributed by atoms with Crippen LogP contribution in [0, 0.1) is 0 Å². The number of rotatable bonds is 5. The van der Waals surface area contributed by atoms with Crippen molar-refractivity contribution in [3.63, 3.8) is 0 Å². The normalized spacial score (nSPS) is 16.3. The number of hydrogen-bond acceptors (Lipinski definition) is 2. The number of hydrogen-bond donors (Lipinski definition) is 0. The Balaban J connectivity index is 1.90. The molecule has 0 fully saturated rings. The SMILES string of the molecule is CCCCCCN1CCC=N1. The minimum Gasteiger partial charge on any atom is -0.297 e. The first-order valence-corrected chi connectivity index (χ1v) is 4.71. The van der Waals surface area contributed by atoms with Gasteiger partial charge in [-0.15, -0.1) is 0 Å². The van der Waals surface area contributed by atoms with Gasteiger partial charge in [-0.1, -0.05) is 26.2 Å². The Bertz CT molecular complexity index is 121. The second-order valence-electron chi connectivity index (χ2n) is 3.10. The van der Waals surface area contributed by atoms with Gasteiger partial charge in [0.25, 0.3) is 0 Å². The average Bonchev–Trinajstić information content (AvgIpc) is 2.50. The van der Waals surface area contributed by atoms with Gasteiger partial charge in [-0.25, -0.2) is 0 Å². The second kappa shape index (κ2) is 5.16. The van der Waals surface area contributed by atoms with Gasteiger partial charge in [-0.05, 0) is 6.42 Å². The molecule has 0 unspecified atom stereocenters. The van der Waals surface area contributed by atoms with E-state index < -0.39 is 0 Å². The van der Waals surface area contributed by atoms with Crippen molar-refractivity contribution in [2.75, 3.05) is 13.1 Å². The lowest BCUT2D eigenvalue weighted by atomic mass is 10.2. The maximum atomic E-state index is 4.24. The molecular formula is C9H18N2. The summed E-state index contributed by atoms with van der Waals surface area (Å²) in [5.74, 6) is 0. The van der Waals surface area contributed by atoms with E-state index in [0.717, 1.165) is 19.5 Å². The Hall–Kier alpha value is -0.530. The summed E-state index contributed by atoms with van der Waals surface area (Å²) in [4.78, 5) is 0. The van der Waals surface area contributed by atoms with Gasteiger partial charge >= 0.3 is 0 Å². The molecule has 1 aliphatic rings. The van der Waals surface area contributed by atoms with Gasteiger partial charge < -0.3 is 0 Å². The highest BCUT2D eigenvalue weighted by Crippen LogP contribution is 2.04. The van der Waals surface area contributed by atoms with Crippen LogP contribution in [0.5, 0.6) is 0 Å². The highest BCUT2D eigenvalue weighted by Gasteiger charge is 2.03. The van der Waals surface area contributed by atoms with E-state index in [0.29, 0.717) is 0 Å². The van der Waals surface area contributed by atoms with E-state index in [2.05, 4.69) is 17.0 Å². The molecule has 1 heterocycles. The molecule has 1 rings (SSSR count). The van der Waals surface area contributed by atoms with Crippen molar-refractivity contribution in [3.8, 4) is 0 Å². The minimum absolute atomic E-state index is 1.14. The van der Waals surface area contributed by atoms with Gasteiger partial charge in [0.05, 0.1) is 0 Å². The molecule has 64 valence electrons. The highest BCUT2D eigenvalue weighted by molar-refractivity contribution is 5.58. The summed E-state index contributed by atoms with van der Waals surface area (Å²) in [7, 11) is 0. The molecule has 2 nitrogen and oxygen atoms in total. The lowest BCUT2D eigenvalue weighted by molar-refractivity contribution is 0.309. The summed E-state index contributed by atoms with van der Waals surface area (Å²) in [6.07, 6.45) is 8.53. The third kappa shape index (κ3) is 3.40. The molecule has 0 atom stereocenters. The van der Waals surface area contributed by atoms with E-state index in [9.17, 15) is 0 Å². The monoisotopic (exact) mass is 154 g/mol. The summed E-state index contributed by atoms with van der Waals surface area (Å²) in [6.45, 7) is 4.55. The standard InChI is InChI=1S/C9H18N2/c1-2-3-4-5-8-11-9-6-7-10-11/h7H,2-6,8-9H2,1H3. The van der Waals surface area contributed by atoms with Crippen molar-refractivity contribution >= 4 is 6.21 Å². The molecule has 0 aliphatic carbocycles. The highest BCUT2D eigenvalue weighted by atomic mass is 15.5. The van der Waals surface area contributed by atoms with Crippen molar-refractivity contribution in [2.24, 2.45) is 5.10 Å². The van der Waals surface area contributed by atoms with E-state index in [1.54, 1.807) is 0 Å². The Kier molecular flexibility index (Phi) is 4.02. The molecule has 2 heteroatoms. The van der Waals surface area contributed by atoms with Crippen LogP contribution < -0.4 is 0 Å². The first-order chi connectivity index (χ1) is 5.43. The summed E-state index contributed by atoms with van der Waals surface area (Å²) in [5.41, 5.74) is 0. The van der Waals surface area contributed by atoms with Gasteiger partial charge in [-0.3, -0.25) is 5.01 Å². The predicted molar refractivity (Wildman–Crippen MR) is 48.8 cm³/mol. The van der Waals surface area contributed by atoms with E-state index in [-0.39, 0.29) is 0 Å². The predicted octanol–water partition coefficient (Wildman–Crippen LogP) is 2.26. The van der Waals surface area contributed by atoms with Crippen LogP contribution in [-0.2, 0) is 0 Å². The largest absolute Gasteiger partial charge is 0.297 e. The number of nitrogens with zero attached hydrogens (tertiary/aromatic N) is 2. The van der Waals surface area contributed by atoms with Crippen LogP contribution in [0.25, 0.3) is 0 Å². The molecule has 0 saturated carbocycles. The van der Waals surface area contributed by atoms with Gasteiger partial charge in [0.15, 0.2) is 0 Å². The number of hydrazone groups is 1. The van der Waals surface area contributed by atoms with Crippen LogP contribution >= 0.6 is 0 Å². The molecule has 0 bridgehead atoms. The van der Waals surface area contributed by atoms with Gasteiger partial charge in [0.1, 0.15) is 0 Å². The summed E-state index contributed by atoms with van der Waals surface area (Å²) in [6, 6.07) is 0. The van der Waals surface area contributed by atoms with Crippen molar-refractivity contribution < 1.29 is 0 Å². The zero-order valence-corrected chi connectivity index (χ0v) is 7.42. The molecule has 0 saturated heterocycles. The zero-order chi connectivity index (χ0) is 7.94. The van der Waals surface area contributed by atoms with Crippen LogP contribution in [0.4, 0.5) is 0 Å². The van der Waals surface area contributed by atoms with E-state index in [4.69, 9.17) is 0 Å². The summed E-state index contributed by atoms with van der Waals surface area (Å²) >= 11 is 0. The lowest BCUT2D eigenvalue weighted by Gasteiger charge is -2.12. The van der Waals surface area contributed by atoms with Crippen LogP contribution in [-0.4, -0.2) is 24.3 Å². The molecule has 0 spiro atoms. The zero-order valence-electron chi connectivity index (χ0n) is 7.42. The summed E-state index contributed by atoms with van der Waals surface area (Å²) in [5, 5.41) is 6.42. The Morgan fingerprint density at radius 1 is 1.36 bits per heavy atom. The third-order valence-electron chi connectivity index (χ3n) is 2.03. The first-order valence-electron chi connectivity index (χ1n) is 4.71. The Morgan fingerprint density at radius 3 is 2.91 bits per heavy atom. The molecule has 0 amide bonds. The molecule has 0 aromatic carbocycles. The van der Waals surface area contributed by atoms with Crippen LogP contribution in [0.15, 0.2) is 5.10 Å². The Morgan fingerprint density at radius 2 is 2.27 bits per heavy atom. The van der Waals surface area contributed by atoms with E-state index in [1.807, 2.05) is 6.21 Å². The molecule has 0 aromatic heterocycles.